The van der Waals surface area contributed by atoms with Crippen molar-refractivity contribution in [3.63, 3.8) is 0 Å². The Morgan fingerprint density at radius 1 is 1.33 bits per heavy atom. The quantitative estimate of drug-likeness (QED) is 0.638. The van der Waals surface area contributed by atoms with Crippen molar-refractivity contribution in [1.82, 2.24) is 5.32 Å². The highest BCUT2D eigenvalue weighted by molar-refractivity contribution is 5.81. The molecule has 1 saturated carbocycles. The van der Waals surface area contributed by atoms with Gasteiger partial charge in [-0.2, -0.15) is 0 Å². The number of nitrogens with one attached hydrogen (secondary N) is 1. The van der Waals surface area contributed by atoms with Crippen LogP contribution in [0.3, 0.4) is 0 Å². The fourth-order valence-electron chi connectivity index (χ4n) is 1.42. The Morgan fingerprint density at radius 3 is 2.17 bits per heavy atom. The summed E-state index contributed by atoms with van der Waals surface area (Å²) in [5.41, 5.74) is -0.237. The fourth-order valence-corrected chi connectivity index (χ4v) is 1.42. The van der Waals surface area contributed by atoms with Crippen molar-refractivity contribution in [2.75, 3.05) is 0 Å². The Hall–Kier alpha value is -0.530. The molecule has 2 heteroatoms. The van der Waals surface area contributed by atoms with E-state index in [0.29, 0.717) is 6.04 Å². The molecule has 0 atom stereocenters. The summed E-state index contributed by atoms with van der Waals surface area (Å²) >= 11 is 0. The van der Waals surface area contributed by atoms with Gasteiger partial charge in [0.15, 0.2) is 0 Å². The van der Waals surface area contributed by atoms with Crippen molar-refractivity contribution in [2.45, 2.75) is 46.6 Å². The first-order valence-corrected chi connectivity index (χ1v) is 4.70. The first kappa shape index (κ1) is 9.56. The molecule has 12 heavy (non-hydrogen) atoms. The van der Waals surface area contributed by atoms with E-state index in [1.54, 1.807) is 0 Å². The van der Waals surface area contributed by atoms with E-state index < -0.39 is 0 Å². The van der Waals surface area contributed by atoms with Crippen LogP contribution in [-0.4, -0.2) is 11.9 Å². The van der Waals surface area contributed by atoms with Gasteiger partial charge in [-0.15, -0.1) is 0 Å². The van der Waals surface area contributed by atoms with Crippen LogP contribution in [0.4, 0.5) is 0 Å². The number of rotatable bonds is 1. The maximum Gasteiger partial charge on any atom is 0.225 e. The predicted octanol–water partition coefficient (Wildman–Crippen LogP) is 1.95. The molecule has 2 nitrogen and oxygen atoms in total. The molecule has 0 aliphatic heterocycles. The van der Waals surface area contributed by atoms with Crippen LogP contribution in [0.1, 0.15) is 40.5 Å². The summed E-state index contributed by atoms with van der Waals surface area (Å²) in [5, 5.41) is 3.05. The van der Waals surface area contributed by atoms with Gasteiger partial charge in [-0.1, -0.05) is 27.7 Å². The van der Waals surface area contributed by atoms with Crippen LogP contribution in [0, 0.1) is 11.3 Å². The van der Waals surface area contributed by atoms with E-state index in [1.807, 2.05) is 20.8 Å². The van der Waals surface area contributed by atoms with Gasteiger partial charge in [-0.05, 0) is 18.8 Å². The largest absolute Gasteiger partial charge is 0.353 e. The minimum atomic E-state index is -0.237. The van der Waals surface area contributed by atoms with Gasteiger partial charge in [-0.3, -0.25) is 4.79 Å². The fraction of sp³-hybridized carbons (Fsp3) is 0.900. The number of hydrogen-bond donors (Lipinski definition) is 1. The molecule has 0 aromatic rings. The first-order chi connectivity index (χ1) is 5.39. The lowest BCUT2D eigenvalue weighted by Gasteiger charge is -2.35. The summed E-state index contributed by atoms with van der Waals surface area (Å²) in [7, 11) is 0. The highest BCUT2D eigenvalue weighted by Crippen LogP contribution is 2.27. The Morgan fingerprint density at radius 2 is 1.83 bits per heavy atom. The smallest absolute Gasteiger partial charge is 0.225 e. The Kier molecular flexibility index (Phi) is 2.45. The molecule has 70 valence electrons. The number of amides is 1. The zero-order chi connectivity index (χ0) is 9.35. The standard InChI is InChI=1S/C10H19NO/c1-7-5-8(6-7)11-9(12)10(2,3)4/h7-8H,5-6H2,1-4H3,(H,11,12). The zero-order valence-electron chi connectivity index (χ0n) is 8.48. The highest BCUT2D eigenvalue weighted by atomic mass is 16.2. The van der Waals surface area contributed by atoms with Gasteiger partial charge in [0.1, 0.15) is 0 Å². The molecular weight excluding hydrogens is 150 g/mol. The molecule has 1 amide bonds. The monoisotopic (exact) mass is 169 g/mol. The van der Waals surface area contributed by atoms with Gasteiger partial charge >= 0.3 is 0 Å². The van der Waals surface area contributed by atoms with Gasteiger partial charge in [0.2, 0.25) is 5.91 Å². The molecule has 0 unspecified atom stereocenters. The van der Waals surface area contributed by atoms with Crippen LogP contribution in [0.2, 0.25) is 0 Å². The molecule has 1 fully saturated rings. The summed E-state index contributed by atoms with van der Waals surface area (Å²) in [6, 6.07) is 0.451. The lowest BCUT2D eigenvalue weighted by Crippen LogP contribution is -2.47. The van der Waals surface area contributed by atoms with Gasteiger partial charge < -0.3 is 5.32 Å². The van der Waals surface area contributed by atoms with Gasteiger partial charge in [0, 0.05) is 11.5 Å². The van der Waals surface area contributed by atoms with Crippen LogP contribution in [0.15, 0.2) is 0 Å². The molecule has 0 heterocycles. The predicted molar refractivity (Wildman–Crippen MR) is 49.8 cm³/mol. The topological polar surface area (TPSA) is 29.1 Å². The van der Waals surface area contributed by atoms with Crippen LogP contribution >= 0.6 is 0 Å². The summed E-state index contributed by atoms with van der Waals surface area (Å²) in [4.78, 5) is 11.5. The Bertz CT molecular complexity index is 175. The Balaban J connectivity index is 2.28. The van der Waals surface area contributed by atoms with Gasteiger partial charge in [0.25, 0.3) is 0 Å². The first-order valence-electron chi connectivity index (χ1n) is 4.70. The van der Waals surface area contributed by atoms with E-state index in [0.717, 1.165) is 18.8 Å². The zero-order valence-corrected chi connectivity index (χ0v) is 8.48. The third-order valence-corrected chi connectivity index (χ3v) is 2.39. The van der Waals surface area contributed by atoms with Crippen molar-refractivity contribution in [2.24, 2.45) is 11.3 Å². The minimum Gasteiger partial charge on any atom is -0.353 e. The SMILES string of the molecule is CC1CC(NC(=O)C(C)(C)C)C1. The maximum absolute atomic E-state index is 11.5. The van der Waals surface area contributed by atoms with E-state index in [-0.39, 0.29) is 11.3 Å². The van der Waals surface area contributed by atoms with E-state index in [2.05, 4.69) is 12.2 Å². The average Bonchev–Trinajstić information content (AvgIpc) is 1.82. The Labute approximate surface area is 74.7 Å². The summed E-state index contributed by atoms with van der Waals surface area (Å²) in [5.74, 6) is 0.981. The van der Waals surface area contributed by atoms with Crippen LogP contribution in [0.25, 0.3) is 0 Å². The molecule has 1 aliphatic carbocycles. The average molecular weight is 169 g/mol. The lowest BCUT2D eigenvalue weighted by molar-refractivity contribution is -0.130. The molecule has 0 aromatic heterocycles. The summed E-state index contributed by atoms with van der Waals surface area (Å²) < 4.78 is 0. The van der Waals surface area contributed by atoms with Crippen molar-refractivity contribution < 1.29 is 4.79 Å². The van der Waals surface area contributed by atoms with Crippen molar-refractivity contribution in [1.29, 1.82) is 0 Å². The second-order valence-electron chi connectivity index (χ2n) is 5.00. The van der Waals surface area contributed by atoms with Crippen molar-refractivity contribution in [3.05, 3.63) is 0 Å². The third-order valence-electron chi connectivity index (χ3n) is 2.39. The van der Waals surface area contributed by atoms with Crippen LogP contribution in [0.5, 0.6) is 0 Å². The normalized spacial score (nSPS) is 29.3. The van der Waals surface area contributed by atoms with E-state index in [9.17, 15) is 4.79 Å². The molecular formula is C10H19NO. The molecule has 1 rings (SSSR count). The van der Waals surface area contributed by atoms with Crippen LogP contribution < -0.4 is 5.32 Å². The summed E-state index contributed by atoms with van der Waals surface area (Å²) in [6.45, 7) is 8.07. The second-order valence-corrected chi connectivity index (χ2v) is 5.00. The summed E-state index contributed by atoms with van der Waals surface area (Å²) in [6.07, 6.45) is 2.31. The molecule has 0 spiro atoms. The van der Waals surface area contributed by atoms with E-state index in [4.69, 9.17) is 0 Å². The van der Waals surface area contributed by atoms with Gasteiger partial charge in [-0.25, -0.2) is 0 Å². The molecule has 1 N–H and O–H groups in total. The molecule has 0 radical (unpaired) electrons. The molecule has 0 aromatic carbocycles. The van der Waals surface area contributed by atoms with E-state index in [1.165, 1.54) is 0 Å². The number of carbonyl (C=O) groups is 1. The molecule has 0 saturated heterocycles. The molecule has 0 bridgehead atoms. The van der Waals surface area contributed by atoms with Crippen LogP contribution in [-0.2, 0) is 4.79 Å². The van der Waals surface area contributed by atoms with Gasteiger partial charge in [0.05, 0.1) is 0 Å². The lowest BCUT2D eigenvalue weighted by atomic mass is 9.81. The van der Waals surface area contributed by atoms with E-state index >= 15 is 0 Å². The maximum atomic E-state index is 11.5. The number of carbonyl (C=O) groups excluding carboxylic acids is 1. The highest BCUT2D eigenvalue weighted by Gasteiger charge is 2.30. The minimum absolute atomic E-state index is 0.180. The van der Waals surface area contributed by atoms with Crippen molar-refractivity contribution >= 4 is 5.91 Å². The number of hydrogen-bond acceptors (Lipinski definition) is 1. The third kappa shape index (κ3) is 2.23. The van der Waals surface area contributed by atoms with Crippen molar-refractivity contribution in [3.8, 4) is 0 Å². The second kappa shape index (κ2) is 3.08. The molecule has 1 aliphatic rings.